The third-order valence-electron chi connectivity index (χ3n) is 6.16. The van der Waals surface area contributed by atoms with Crippen LogP contribution in [0.25, 0.3) is 11.3 Å². The molecule has 0 fully saturated rings. The first-order valence-corrected chi connectivity index (χ1v) is 10.7. The first-order valence-electron chi connectivity index (χ1n) is 10.7. The molecule has 0 amide bonds. The predicted octanol–water partition coefficient (Wildman–Crippen LogP) is 5.23. The van der Waals surface area contributed by atoms with Gasteiger partial charge in [0.25, 0.3) is 0 Å². The van der Waals surface area contributed by atoms with Crippen LogP contribution in [0.3, 0.4) is 0 Å². The molecule has 2 heterocycles. The van der Waals surface area contributed by atoms with Crippen molar-refractivity contribution < 1.29 is 14.4 Å². The van der Waals surface area contributed by atoms with Crippen molar-refractivity contribution in [2.75, 3.05) is 0 Å². The summed E-state index contributed by atoms with van der Waals surface area (Å²) in [5.41, 5.74) is 4.92. The van der Waals surface area contributed by atoms with Gasteiger partial charge >= 0.3 is 0 Å². The van der Waals surface area contributed by atoms with Gasteiger partial charge in [0.15, 0.2) is 11.6 Å². The Labute approximate surface area is 190 Å². The second-order valence-electron chi connectivity index (χ2n) is 8.03. The van der Waals surface area contributed by atoms with E-state index in [1.807, 2.05) is 65.6 Å². The van der Waals surface area contributed by atoms with Gasteiger partial charge in [-0.25, -0.2) is 0 Å². The van der Waals surface area contributed by atoms with Crippen LogP contribution in [-0.2, 0) is 4.79 Å². The minimum absolute atomic E-state index is 0.113. The molecule has 3 aliphatic rings. The maximum Gasteiger partial charge on any atom is 0.212 e. The van der Waals surface area contributed by atoms with E-state index in [-0.39, 0.29) is 22.9 Å². The summed E-state index contributed by atoms with van der Waals surface area (Å²) in [7, 11) is 0. The molecule has 3 aromatic rings. The minimum atomic E-state index is -0.300. The SMILES string of the molecule is O=C1C2=CC(=C3C(=O)c4ccccc4C3=O)C=CN2C(c2ccccc2)=C1c1ccccc1. The van der Waals surface area contributed by atoms with E-state index in [0.717, 1.165) is 16.8 Å². The summed E-state index contributed by atoms with van der Waals surface area (Å²) in [5, 5.41) is 0. The third kappa shape index (κ3) is 2.81. The lowest BCUT2D eigenvalue weighted by atomic mass is 9.97. The lowest BCUT2D eigenvalue weighted by Gasteiger charge is -2.23. The number of Topliss-reactive ketones (excluding diaryl/α,β-unsaturated/α-hetero) is 3. The zero-order valence-electron chi connectivity index (χ0n) is 17.5. The molecule has 0 atom stereocenters. The van der Waals surface area contributed by atoms with Gasteiger partial charge in [-0.05, 0) is 28.9 Å². The van der Waals surface area contributed by atoms with Gasteiger partial charge in [0, 0.05) is 17.3 Å². The van der Waals surface area contributed by atoms with Crippen molar-refractivity contribution in [2.24, 2.45) is 0 Å². The molecule has 156 valence electrons. The Morgan fingerprint density at radius 1 is 0.545 bits per heavy atom. The monoisotopic (exact) mass is 427 g/mol. The van der Waals surface area contributed by atoms with E-state index in [1.165, 1.54) is 0 Å². The van der Waals surface area contributed by atoms with Crippen molar-refractivity contribution in [2.45, 2.75) is 0 Å². The molecule has 0 spiro atoms. The fourth-order valence-electron chi connectivity index (χ4n) is 4.65. The quantitative estimate of drug-likeness (QED) is 0.415. The lowest BCUT2D eigenvalue weighted by Crippen LogP contribution is -2.17. The normalized spacial score (nSPS) is 17.0. The summed E-state index contributed by atoms with van der Waals surface area (Å²) >= 11 is 0. The minimum Gasteiger partial charge on any atom is -0.312 e. The van der Waals surface area contributed by atoms with E-state index >= 15 is 0 Å². The molecule has 1 aliphatic carbocycles. The summed E-state index contributed by atoms with van der Waals surface area (Å²) in [6.45, 7) is 0. The van der Waals surface area contributed by atoms with Crippen molar-refractivity contribution >= 4 is 28.6 Å². The van der Waals surface area contributed by atoms with Gasteiger partial charge in [0.1, 0.15) is 0 Å². The predicted molar refractivity (Wildman–Crippen MR) is 126 cm³/mol. The van der Waals surface area contributed by atoms with Crippen LogP contribution in [0.5, 0.6) is 0 Å². The molecule has 0 N–H and O–H groups in total. The summed E-state index contributed by atoms with van der Waals surface area (Å²) in [6.07, 6.45) is 5.18. The van der Waals surface area contributed by atoms with Crippen LogP contribution in [0.1, 0.15) is 31.8 Å². The van der Waals surface area contributed by atoms with Crippen LogP contribution >= 0.6 is 0 Å². The van der Waals surface area contributed by atoms with E-state index in [4.69, 9.17) is 0 Å². The first kappa shape index (κ1) is 19.1. The zero-order valence-corrected chi connectivity index (χ0v) is 17.5. The standard InChI is InChI=1S/C29H17NO3/c31-27-21-13-7-8-14-22(21)28(32)25(27)20-15-16-30-23(17-20)29(33)24(18-9-3-1-4-10-18)26(30)19-11-5-2-6-12-19/h1-17H. The first-order chi connectivity index (χ1) is 16.1. The molecular formula is C29H17NO3. The molecule has 0 saturated carbocycles. The zero-order chi connectivity index (χ0) is 22.5. The molecule has 2 aliphatic heterocycles. The number of carbonyl (C=O) groups is 3. The second-order valence-corrected chi connectivity index (χ2v) is 8.03. The molecule has 3 aromatic carbocycles. The fourth-order valence-corrected chi connectivity index (χ4v) is 4.65. The molecule has 0 radical (unpaired) electrons. The van der Waals surface area contributed by atoms with Crippen LogP contribution in [0.4, 0.5) is 0 Å². The van der Waals surface area contributed by atoms with Crippen LogP contribution in [0.15, 0.2) is 120 Å². The Balaban J connectivity index is 1.52. The van der Waals surface area contributed by atoms with Gasteiger partial charge < -0.3 is 4.90 Å². The second kappa shape index (κ2) is 7.24. The maximum atomic E-state index is 13.7. The largest absolute Gasteiger partial charge is 0.312 e. The molecule has 4 heteroatoms. The summed E-state index contributed by atoms with van der Waals surface area (Å²) < 4.78 is 0. The highest BCUT2D eigenvalue weighted by Crippen LogP contribution is 2.43. The number of rotatable bonds is 2. The van der Waals surface area contributed by atoms with Crippen LogP contribution in [0, 0.1) is 0 Å². The van der Waals surface area contributed by atoms with E-state index in [1.54, 1.807) is 42.6 Å². The van der Waals surface area contributed by atoms with Gasteiger partial charge in [-0.15, -0.1) is 0 Å². The number of hydrogen-bond donors (Lipinski definition) is 0. The van der Waals surface area contributed by atoms with E-state index in [9.17, 15) is 14.4 Å². The van der Waals surface area contributed by atoms with E-state index in [0.29, 0.717) is 28.0 Å². The Bertz CT molecular complexity index is 1450. The van der Waals surface area contributed by atoms with Crippen molar-refractivity contribution in [3.05, 3.63) is 142 Å². The molecule has 0 aromatic heterocycles. The van der Waals surface area contributed by atoms with Crippen molar-refractivity contribution in [3.63, 3.8) is 0 Å². The van der Waals surface area contributed by atoms with Gasteiger partial charge in [-0.1, -0.05) is 84.9 Å². The number of allylic oxidation sites excluding steroid dienone is 5. The summed E-state index contributed by atoms with van der Waals surface area (Å²) in [5.74, 6) is -0.742. The number of carbonyl (C=O) groups excluding carboxylic acids is 3. The topological polar surface area (TPSA) is 54.5 Å². The van der Waals surface area contributed by atoms with Crippen molar-refractivity contribution in [1.29, 1.82) is 0 Å². The Morgan fingerprint density at radius 3 is 1.70 bits per heavy atom. The molecule has 4 nitrogen and oxygen atoms in total. The van der Waals surface area contributed by atoms with Crippen LogP contribution < -0.4 is 0 Å². The van der Waals surface area contributed by atoms with Gasteiger partial charge in [0.2, 0.25) is 5.78 Å². The van der Waals surface area contributed by atoms with Gasteiger partial charge in [0.05, 0.1) is 22.5 Å². The number of ketones is 3. The van der Waals surface area contributed by atoms with Crippen LogP contribution in [0.2, 0.25) is 0 Å². The molecule has 0 saturated heterocycles. The number of benzene rings is 3. The third-order valence-corrected chi connectivity index (χ3v) is 6.16. The molecule has 0 bridgehead atoms. The summed E-state index contributed by atoms with van der Waals surface area (Å²) in [6, 6.07) is 26.1. The van der Waals surface area contributed by atoms with Crippen LogP contribution in [-0.4, -0.2) is 22.2 Å². The molecular weight excluding hydrogens is 410 g/mol. The molecule has 0 unspecified atom stereocenters. The Morgan fingerprint density at radius 2 is 1.09 bits per heavy atom. The highest BCUT2D eigenvalue weighted by molar-refractivity contribution is 6.41. The van der Waals surface area contributed by atoms with Crippen molar-refractivity contribution in [3.8, 4) is 0 Å². The summed E-state index contributed by atoms with van der Waals surface area (Å²) in [4.78, 5) is 41.5. The van der Waals surface area contributed by atoms with E-state index < -0.39 is 0 Å². The average molecular weight is 427 g/mol. The molecule has 33 heavy (non-hydrogen) atoms. The average Bonchev–Trinajstić information content (AvgIpc) is 3.30. The van der Waals surface area contributed by atoms with Gasteiger partial charge in [-0.2, -0.15) is 0 Å². The number of hydrogen-bond acceptors (Lipinski definition) is 4. The Hall–Kier alpha value is -4.57. The maximum absolute atomic E-state index is 13.7. The highest BCUT2D eigenvalue weighted by Gasteiger charge is 2.39. The number of fused-ring (bicyclic) bond motifs is 2. The Kier molecular flexibility index (Phi) is 4.20. The van der Waals surface area contributed by atoms with Crippen molar-refractivity contribution in [1.82, 2.24) is 4.90 Å². The number of nitrogens with zero attached hydrogens (tertiary/aromatic N) is 1. The smallest absolute Gasteiger partial charge is 0.212 e. The lowest BCUT2D eigenvalue weighted by molar-refractivity contribution is -0.110. The molecule has 6 rings (SSSR count). The fraction of sp³-hybridized carbons (Fsp3) is 0. The van der Waals surface area contributed by atoms with Gasteiger partial charge in [-0.3, -0.25) is 14.4 Å². The highest BCUT2D eigenvalue weighted by atomic mass is 16.2. The van der Waals surface area contributed by atoms with E-state index in [2.05, 4.69) is 0 Å².